The third kappa shape index (κ3) is 2.14. The van der Waals surface area contributed by atoms with Gasteiger partial charge < -0.3 is 5.32 Å². The number of allylic oxidation sites excluding steroid dienone is 2. The molecule has 2 aromatic carbocycles. The summed E-state index contributed by atoms with van der Waals surface area (Å²) in [5.74, 6) is 0. The molecule has 1 aliphatic rings. The number of pyridine rings is 1. The van der Waals surface area contributed by atoms with Crippen LogP contribution in [0.4, 0.5) is 5.69 Å². The summed E-state index contributed by atoms with van der Waals surface area (Å²) in [5.41, 5.74) is 7.03. The fraction of sp³-hybridized carbons (Fsp3) is 0.190. The van der Waals surface area contributed by atoms with Gasteiger partial charge in [-0.05, 0) is 36.3 Å². The maximum Gasteiger partial charge on any atom is 0.0709 e. The first kappa shape index (κ1) is 14.0. The summed E-state index contributed by atoms with van der Waals surface area (Å²) in [6, 6.07) is 21.1. The first-order valence-electron chi connectivity index (χ1n) is 8.01. The Morgan fingerprint density at radius 2 is 1.65 bits per heavy atom. The van der Waals surface area contributed by atoms with Gasteiger partial charge in [-0.2, -0.15) is 0 Å². The van der Waals surface area contributed by atoms with Crippen LogP contribution in [0.1, 0.15) is 32.0 Å². The molecule has 0 unspecified atom stereocenters. The van der Waals surface area contributed by atoms with Crippen molar-refractivity contribution in [1.82, 2.24) is 4.98 Å². The predicted octanol–water partition coefficient (Wildman–Crippen LogP) is 5.37. The van der Waals surface area contributed by atoms with Crippen molar-refractivity contribution in [2.45, 2.75) is 26.2 Å². The highest BCUT2D eigenvalue weighted by molar-refractivity contribution is 5.83. The lowest BCUT2D eigenvalue weighted by Gasteiger charge is -2.23. The molecule has 0 saturated heterocycles. The third-order valence-corrected chi connectivity index (χ3v) is 4.84. The van der Waals surface area contributed by atoms with Gasteiger partial charge in [0.25, 0.3) is 0 Å². The SMILES string of the molecule is C/C(=C1/Nc2ccccc2C1(C)C)c1ccc2ccccc2n1. The molecular weight excluding hydrogens is 280 g/mol. The van der Waals surface area contributed by atoms with Crippen molar-refractivity contribution in [3.63, 3.8) is 0 Å². The zero-order valence-corrected chi connectivity index (χ0v) is 13.7. The highest BCUT2D eigenvalue weighted by Crippen LogP contribution is 2.45. The number of para-hydroxylation sites is 2. The highest BCUT2D eigenvalue weighted by Gasteiger charge is 2.35. The van der Waals surface area contributed by atoms with Crippen LogP contribution in [0, 0.1) is 0 Å². The van der Waals surface area contributed by atoms with Gasteiger partial charge in [-0.25, -0.2) is 4.98 Å². The number of fused-ring (bicyclic) bond motifs is 2. The zero-order chi connectivity index (χ0) is 16.0. The molecule has 0 spiro atoms. The van der Waals surface area contributed by atoms with Crippen molar-refractivity contribution in [2.75, 3.05) is 5.32 Å². The van der Waals surface area contributed by atoms with Crippen LogP contribution in [0.3, 0.4) is 0 Å². The standard InChI is InChI=1S/C21H20N2/c1-14(17-13-12-15-8-4-6-10-18(15)22-17)20-21(2,3)16-9-5-7-11-19(16)23-20/h4-13,23H,1-3H3/b20-14-. The van der Waals surface area contributed by atoms with Gasteiger partial charge >= 0.3 is 0 Å². The van der Waals surface area contributed by atoms with Gasteiger partial charge in [-0.1, -0.05) is 56.3 Å². The van der Waals surface area contributed by atoms with E-state index in [0.29, 0.717) is 0 Å². The molecule has 3 aromatic rings. The molecule has 0 amide bonds. The summed E-state index contributed by atoms with van der Waals surface area (Å²) in [5, 5.41) is 4.79. The molecule has 0 atom stereocenters. The molecule has 0 radical (unpaired) electrons. The molecule has 2 heteroatoms. The van der Waals surface area contributed by atoms with Gasteiger partial charge in [0.1, 0.15) is 0 Å². The first-order valence-corrected chi connectivity index (χ1v) is 8.01. The van der Waals surface area contributed by atoms with Gasteiger partial charge in [0, 0.05) is 22.2 Å². The van der Waals surface area contributed by atoms with Crippen LogP contribution in [0.25, 0.3) is 16.5 Å². The molecule has 23 heavy (non-hydrogen) atoms. The van der Waals surface area contributed by atoms with E-state index in [1.54, 1.807) is 0 Å². The summed E-state index contributed by atoms with van der Waals surface area (Å²) >= 11 is 0. The van der Waals surface area contributed by atoms with Crippen LogP contribution in [-0.2, 0) is 5.41 Å². The van der Waals surface area contributed by atoms with E-state index in [1.807, 2.05) is 12.1 Å². The Bertz CT molecular complexity index is 935. The van der Waals surface area contributed by atoms with E-state index in [2.05, 4.69) is 74.6 Å². The normalized spacial score (nSPS) is 17.7. The minimum atomic E-state index is -0.0337. The van der Waals surface area contributed by atoms with Gasteiger partial charge in [-0.15, -0.1) is 0 Å². The molecule has 1 aliphatic heterocycles. The van der Waals surface area contributed by atoms with Crippen LogP contribution < -0.4 is 5.32 Å². The van der Waals surface area contributed by atoms with Gasteiger partial charge in [0.2, 0.25) is 0 Å². The topological polar surface area (TPSA) is 24.9 Å². The predicted molar refractivity (Wildman–Crippen MR) is 97.4 cm³/mol. The number of aromatic nitrogens is 1. The van der Waals surface area contributed by atoms with Gasteiger partial charge in [-0.3, -0.25) is 0 Å². The lowest BCUT2D eigenvalue weighted by atomic mass is 9.82. The number of benzene rings is 2. The van der Waals surface area contributed by atoms with Crippen LogP contribution in [0.5, 0.6) is 0 Å². The zero-order valence-electron chi connectivity index (χ0n) is 13.7. The Balaban J connectivity index is 1.87. The van der Waals surface area contributed by atoms with Crippen molar-refractivity contribution < 1.29 is 0 Å². The van der Waals surface area contributed by atoms with Crippen molar-refractivity contribution in [1.29, 1.82) is 0 Å². The van der Waals surface area contributed by atoms with Crippen LogP contribution in [0.2, 0.25) is 0 Å². The Hall–Kier alpha value is -2.61. The molecule has 0 aliphatic carbocycles. The fourth-order valence-corrected chi connectivity index (χ4v) is 3.53. The average molecular weight is 300 g/mol. The fourth-order valence-electron chi connectivity index (χ4n) is 3.53. The van der Waals surface area contributed by atoms with Crippen molar-refractivity contribution >= 4 is 22.2 Å². The Morgan fingerprint density at radius 3 is 2.48 bits per heavy atom. The quantitative estimate of drug-likeness (QED) is 0.653. The number of nitrogens with zero attached hydrogens (tertiary/aromatic N) is 1. The average Bonchev–Trinajstić information content (AvgIpc) is 2.85. The molecule has 2 heterocycles. The molecule has 2 nitrogen and oxygen atoms in total. The second-order valence-corrected chi connectivity index (χ2v) is 6.68. The largest absolute Gasteiger partial charge is 0.358 e. The summed E-state index contributed by atoms with van der Waals surface area (Å²) < 4.78 is 0. The van der Waals surface area contributed by atoms with Gasteiger partial charge in [0.05, 0.1) is 11.2 Å². The molecule has 114 valence electrons. The van der Waals surface area contributed by atoms with E-state index >= 15 is 0 Å². The third-order valence-electron chi connectivity index (χ3n) is 4.84. The number of nitrogens with one attached hydrogen (secondary N) is 1. The smallest absolute Gasteiger partial charge is 0.0709 e. The molecule has 0 bridgehead atoms. The molecule has 1 aromatic heterocycles. The minimum Gasteiger partial charge on any atom is -0.358 e. The monoisotopic (exact) mass is 300 g/mol. The van der Waals surface area contributed by atoms with Crippen LogP contribution >= 0.6 is 0 Å². The number of hydrogen-bond donors (Lipinski definition) is 1. The number of anilines is 1. The maximum absolute atomic E-state index is 4.85. The number of rotatable bonds is 1. The Labute approximate surface area is 136 Å². The lowest BCUT2D eigenvalue weighted by Crippen LogP contribution is -2.18. The molecular formula is C21H20N2. The summed E-state index contributed by atoms with van der Waals surface area (Å²) in [7, 11) is 0. The van der Waals surface area contributed by atoms with E-state index in [0.717, 1.165) is 11.2 Å². The highest BCUT2D eigenvalue weighted by atomic mass is 15.0. The van der Waals surface area contributed by atoms with Crippen LogP contribution in [0.15, 0.2) is 66.4 Å². The van der Waals surface area contributed by atoms with Gasteiger partial charge in [0.15, 0.2) is 0 Å². The van der Waals surface area contributed by atoms with E-state index in [9.17, 15) is 0 Å². The Kier molecular flexibility index (Phi) is 3.02. The lowest BCUT2D eigenvalue weighted by molar-refractivity contribution is 0.655. The summed E-state index contributed by atoms with van der Waals surface area (Å²) in [6.45, 7) is 6.70. The molecule has 0 fully saturated rings. The van der Waals surface area contributed by atoms with E-state index in [1.165, 1.54) is 27.9 Å². The Morgan fingerprint density at radius 1 is 0.913 bits per heavy atom. The molecule has 0 saturated carbocycles. The van der Waals surface area contributed by atoms with Crippen molar-refractivity contribution in [2.24, 2.45) is 0 Å². The molecule has 1 N–H and O–H groups in total. The second-order valence-electron chi connectivity index (χ2n) is 6.68. The van der Waals surface area contributed by atoms with E-state index in [-0.39, 0.29) is 5.41 Å². The summed E-state index contributed by atoms with van der Waals surface area (Å²) in [6.07, 6.45) is 0. The minimum absolute atomic E-state index is 0.0337. The van der Waals surface area contributed by atoms with Crippen LogP contribution in [-0.4, -0.2) is 4.98 Å². The van der Waals surface area contributed by atoms with Crippen molar-refractivity contribution in [3.8, 4) is 0 Å². The maximum atomic E-state index is 4.85. The summed E-state index contributed by atoms with van der Waals surface area (Å²) in [4.78, 5) is 4.85. The van der Waals surface area contributed by atoms with Crippen molar-refractivity contribution in [3.05, 3.63) is 77.6 Å². The second kappa shape index (κ2) is 4.95. The number of hydrogen-bond acceptors (Lipinski definition) is 2. The molecule has 4 rings (SSSR count). The van der Waals surface area contributed by atoms with E-state index < -0.39 is 0 Å². The first-order chi connectivity index (χ1) is 11.1. The van der Waals surface area contributed by atoms with E-state index in [4.69, 9.17) is 4.98 Å².